The van der Waals surface area contributed by atoms with E-state index in [1.165, 1.54) is 0 Å². The molecular formula is C38H48O10. The van der Waals surface area contributed by atoms with Crippen LogP contribution in [0.25, 0.3) is 0 Å². The number of aryl methyl sites for hydroxylation is 2. The maximum atomic E-state index is 13.1. The van der Waals surface area contributed by atoms with Gasteiger partial charge in [0.1, 0.15) is 23.0 Å². The van der Waals surface area contributed by atoms with E-state index in [1.54, 1.807) is 24.3 Å². The van der Waals surface area contributed by atoms with E-state index in [4.69, 9.17) is 28.4 Å². The quantitative estimate of drug-likeness (QED) is 0.0639. The predicted octanol–water partition coefficient (Wildman–Crippen LogP) is 6.91. The first-order valence-corrected chi connectivity index (χ1v) is 16.8. The summed E-state index contributed by atoms with van der Waals surface area (Å²) in [5.74, 6) is 0.366. The molecule has 260 valence electrons. The molecule has 1 saturated carbocycles. The van der Waals surface area contributed by atoms with E-state index in [9.17, 15) is 19.2 Å². The number of hydrogen-bond acceptors (Lipinski definition) is 10. The van der Waals surface area contributed by atoms with Gasteiger partial charge in [0.25, 0.3) is 0 Å². The highest BCUT2D eigenvalue weighted by molar-refractivity contribution is 5.81. The van der Waals surface area contributed by atoms with Gasteiger partial charge in [-0.1, -0.05) is 27.0 Å². The summed E-state index contributed by atoms with van der Waals surface area (Å²) in [6.45, 7) is 12.3. The molecule has 10 heteroatoms. The van der Waals surface area contributed by atoms with Crippen LogP contribution in [-0.2, 0) is 41.5 Å². The lowest BCUT2D eigenvalue weighted by Gasteiger charge is -2.26. The van der Waals surface area contributed by atoms with Crippen molar-refractivity contribution in [2.75, 3.05) is 26.4 Å². The molecule has 0 aromatic heterocycles. The topological polar surface area (TPSA) is 124 Å². The highest BCUT2D eigenvalue weighted by Gasteiger charge is 2.32. The summed E-state index contributed by atoms with van der Waals surface area (Å²) in [4.78, 5) is 48.3. The minimum absolute atomic E-state index is 0.290. The Balaban J connectivity index is 1.41. The zero-order chi connectivity index (χ0) is 34.7. The van der Waals surface area contributed by atoms with E-state index in [0.717, 1.165) is 36.1 Å². The van der Waals surface area contributed by atoms with Crippen LogP contribution < -0.4 is 18.9 Å². The van der Waals surface area contributed by atoms with Gasteiger partial charge in [-0.15, -0.1) is 0 Å². The van der Waals surface area contributed by atoms with E-state index in [1.807, 2.05) is 26.0 Å². The molecule has 0 bridgehead atoms. The van der Waals surface area contributed by atoms with Gasteiger partial charge in [0.05, 0.1) is 38.3 Å². The molecule has 0 N–H and O–H groups in total. The van der Waals surface area contributed by atoms with Gasteiger partial charge >= 0.3 is 23.9 Å². The van der Waals surface area contributed by atoms with Gasteiger partial charge in [0.15, 0.2) is 0 Å². The van der Waals surface area contributed by atoms with Crippen molar-refractivity contribution in [1.82, 2.24) is 0 Å². The fraction of sp³-hybridized carbons (Fsp3) is 0.474. The Morgan fingerprint density at radius 2 is 1.00 bits per heavy atom. The van der Waals surface area contributed by atoms with E-state index in [2.05, 4.69) is 13.2 Å². The van der Waals surface area contributed by atoms with Crippen LogP contribution in [0.15, 0.2) is 61.7 Å². The SMILES string of the molecule is C=CC(=O)OCCCCOc1ccc(OC(=O)C2CCC(C(=O)Oc3ccc(OCCCCOC(=O)C=C)cc3CC)CC2)c(CC)c1. The normalized spacial score (nSPS) is 15.5. The second-order valence-corrected chi connectivity index (χ2v) is 11.5. The lowest BCUT2D eigenvalue weighted by atomic mass is 9.82. The van der Waals surface area contributed by atoms with Crippen LogP contribution in [0.4, 0.5) is 0 Å². The number of benzene rings is 2. The van der Waals surface area contributed by atoms with E-state index in [0.29, 0.717) is 101 Å². The Morgan fingerprint density at radius 3 is 1.35 bits per heavy atom. The Morgan fingerprint density at radius 1 is 0.625 bits per heavy atom. The van der Waals surface area contributed by atoms with E-state index >= 15 is 0 Å². The largest absolute Gasteiger partial charge is 0.494 e. The fourth-order valence-electron chi connectivity index (χ4n) is 5.24. The summed E-state index contributed by atoms with van der Waals surface area (Å²) in [6, 6.07) is 10.8. The molecule has 1 aliphatic carbocycles. The molecule has 0 saturated heterocycles. The minimum atomic E-state index is -0.434. The Bertz CT molecular complexity index is 1280. The summed E-state index contributed by atoms with van der Waals surface area (Å²) in [6.07, 6.45) is 8.59. The molecule has 0 heterocycles. The summed E-state index contributed by atoms with van der Waals surface area (Å²) in [7, 11) is 0. The van der Waals surface area contributed by atoms with Crippen LogP contribution in [0, 0.1) is 11.8 Å². The molecule has 2 aromatic rings. The van der Waals surface area contributed by atoms with Crippen molar-refractivity contribution in [1.29, 1.82) is 0 Å². The Labute approximate surface area is 283 Å². The summed E-state index contributed by atoms with van der Waals surface area (Å²) >= 11 is 0. The molecule has 10 nitrogen and oxygen atoms in total. The van der Waals surface area contributed by atoms with Crippen molar-refractivity contribution in [2.45, 2.75) is 78.1 Å². The van der Waals surface area contributed by atoms with E-state index < -0.39 is 11.9 Å². The summed E-state index contributed by atoms with van der Waals surface area (Å²) < 4.78 is 33.2. The molecule has 48 heavy (non-hydrogen) atoms. The second kappa shape index (κ2) is 20.6. The number of carbonyl (C=O) groups is 4. The van der Waals surface area contributed by atoms with Gasteiger partial charge in [0.2, 0.25) is 0 Å². The van der Waals surface area contributed by atoms with Gasteiger partial charge in [-0.05, 0) is 112 Å². The van der Waals surface area contributed by atoms with Gasteiger partial charge in [0, 0.05) is 12.2 Å². The molecule has 1 fully saturated rings. The molecule has 0 amide bonds. The molecule has 0 unspecified atom stereocenters. The van der Waals surface area contributed by atoms with Crippen molar-refractivity contribution in [3.63, 3.8) is 0 Å². The van der Waals surface area contributed by atoms with Crippen LogP contribution in [0.1, 0.15) is 76.3 Å². The predicted molar refractivity (Wildman–Crippen MR) is 180 cm³/mol. The zero-order valence-electron chi connectivity index (χ0n) is 28.2. The average Bonchev–Trinajstić information content (AvgIpc) is 3.11. The molecule has 0 radical (unpaired) electrons. The second-order valence-electron chi connectivity index (χ2n) is 11.5. The lowest BCUT2D eigenvalue weighted by Crippen LogP contribution is -2.30. The monoisotopic (exact) mass is 664 g/mol. The smallest absolute Gasteiger partial charge is 0.330 e. The zero-order valence-corrected chi connectivity index (χ0v) is 28.2. The van der Waals surface area contributed by atoms with Gasteiger partial charge in [-0.2, -0.15) is 0 Å². The fourth-order valence-corrected chi connectivity index (χ4v) is 5.24. The summed E-state index contributed by atoms with van der Waals surface area (Å²) in [5, 5.41) is 0. The highest BCUT2D eigenvalue weighted by Crippen LogP contribution is 2.34. The number of carbonyl (C=O) groups excluding carboxylic acids is 4. The van der Waals surface area contributed by atoms with Gasteiger partial charge in [-0.25, -0.2) is 9.59 Å². The number of ether oxygens (including phenoxy) is 6. The maximum Gasteiger partial charge on any atom is 0.330 e. The standard InChI is InChI=1S/C38H48O10/c1-5-27-25-31(43-21-9-11-23-45-35(39)7-3)17-19-33(27)47-37(41)29-13-15-30(16-14-29)38(42)48-34-20-18-32(26-28(34)6-2)44-22-10-12-24-46-36(40)8-4/h7-8,17-20,25-26,29-30H,3-6,9-16,21-24H2,1-2H3. The van der Waals surface area contributed by atoms with Crippen LogP contribution in [-0.4, -0.2) is 50.3 Å². The first-order chi connectivity index (χ1) is 23.3. The van der Waals surface area contributed by atoms with Crippen LogP contribution in [0.5, 0.6) is 23.0 Å². The molecule has 1 aliphatic rings. The third-order valence-electron chi connectivity index (χ3n) is 8.08. The molecule has 0 aliphatic heterocycles. The Hall–Kier alpha value is -4.60. The molecule has 2 aromatic carbocycles. The molecule has 0 spiro atoms. The number of esters is 4. The molecular weight excluding hydrogens is 616 g/mol. The van der Waals surface area contributed by atoms with Gasteiger partial charge < -0.3 is 28.4 Å². The molecule has 3 rings (SSSR count). The van der Waals surface area contributed by atoms with Crippen LogP contribution >= 0.6 is 0 Å². The van der Waals surface area contributed by atoms with Crippen molar-refractivity contribution in [3.8, 4) is 23.0 Å². The van der Waals surface area contributed by atoms with Crippen molar-refractivity contribution in [3.05, 3.63) is 72.8 Å². The third-order valence-corrected chi connectivity index (χ3v) is 8.08. The number of rotatable bonds is 20. The number of hydrogen-bond donors (Lipinski definition) is 0. The van der Waals surface area contributed by atoms with Crippen molar-refractivity contribution < 1.29 is 47.6 Å². The van der Waals surface area contributed by atoms with Crippen LogP contribution in [0.2, 0.25) is 0 Å². The highest BCUT2D eigenvalue weighted by atomic mass is 16.5. The summed E-state index contributed by atoms with van der Waals surface area (Å²) in [5.41, 5.74) is 1.74. The first-order valence-electron chi connectivity index (χ1n) is 16.8. The molecule has 0 atom stereocenters. The third kappa shape index (κ3) is 12.5. The maximum absolute atomic E-state index is 13.1. The van der Waals surface area contributed by atoms with E-state index in [-0.39, 0.29) is 23.8 Å². The first kappa shape index (κ1) is 37.9. The minimum Gasteiger partial charge on any atom is -0.494 e. The lowest BCUT2D eigenvalue weighted by molar-refractivity contribution is -0.145. The average molecular weight is 665 g/mol. The Kier molecular flexibility index (Phi) is 16.2. The van der Waals surface area contributed by atoms with Gasteiger partial charge in [-0.3, -0.25) is 9.59 Å². The van der Waals surface area contributed by atoms with Crippen molar-refractivity contribution in [2.24, 2.45) is 11.8 Å². The van der Waals surface area contributed by atoms with Crippen LogP contribution in [0.3, 0.4) is 0 Å². The van der Waals surface area contributed by atoms with Crippen molar-refractivity contribution >= 4 is 23.9 Å². The number of unbranched alkanes of at least 4 members (excludes halogenated alkanes) is 2.